The number of imidazole rings is 1. The highest BCUT2D eigenvalue weighted by atomic mass is 16.3. The van der Waals surface area contributed by atoms with Crippen LogP contribution in [0.25, 0.3) is 11.0 Å². The highest BCUT2D eigenvalue weighted by molar-refractivity contribution is 5.86. The first-order valence-corrected chi connectivity index (χ1v) is 11.6. The number of rotatable bonds is 7. The van der Waals surface area contributed by atoms with Crippen LogP contribution in [0.2, 0.25) is 0 Å². The molecule has 6 heteroatoms. The van der Waals surface area contributed by atoms with E-state index in [9.17, 15) is 9.90 Å². The molecule has 3 aromatic carbocycles. The van der Waals surface area contributed by atoms with E-state index < -0.39 is 6.04 Å². The minimum absolute atomic E-state index is 0.160. The van der Waals surface area contributed by atoms with Gasteiger partial charge in [0.1, 0.15) is 11.6 Å². The number of aromatic hydroxyl groups is 1. The number of hydrogen-bond acceptors (Lipinski definition) is 4. The predicted octanol–water partition coefficient (Wildman–Crippen LogP) is 4.94. The van der Waals surface area contributed by atoms with Crippen LogP contribution in [0.15, 0.2) is 97.1 Å². The van der Waals surface area contributed by atoms with E-state index >= 15 is 0 Å². The molecule has 1 atom stereocenters. The van der Waals surface area contributed by atoms with Gasteiger partial charge in [-0.2, -0.15) is 0 Å². The molecule has 5 aromatic rings. The Morgan fingerprint density at radius 3 is 2.43 bits per heavy atom. The molecule has 0 fully saturated rings. The number of nitrogens with zero attached hydrogens (tertiary/aromatic N) is 3. The molecule has 0 bridgehead atoms. The van der Waals surface area contributed by atoms with Crippen molar-refractivity contribution in [1.82, 2.24) is 19.9 Å². The van der Waals surface area contributed by atoms with Crippen LogP contribution >= 0.6 is 0 Å². The summed E-state index contributed by atoms with van der Waals surface area (Å²) in [5, 5.41) is 13.1. The number of benzene rings is 3. The molecule has 0 saturated heterocycles. The molecule has 2 aromatic heterocycles. The second-order valence-corrected chi connectivity index (χ2v) is 8.54. The lowest BCUT2D eigenvalue weighted by Crippen LogP contribution is -2.34. The Morgan fingerprint density at radius 1 is 0.886 bits per heavy atom. The van der Waals surface area contributed by atoms with Gasteiger partial charge in [0.05, 0.1) is 16.7 Å². The van der Waals surface area contributed by atoms with E-state index in [1.165, 1.54) is 0 Å². The number of fused-ring (bicyclic) bond motifs is 1. The van der Waals surface area contributed by atoms with Crippen molar-refractivity contribution >= 4 is 16.9 Å². The number of para-hydroxylation sites is 2. The van der Waals surface area contributed by atoms with Crippen molar-refractivity contribution in [3.05, 3.63) is 125 Å². The van der Waals surface area contributed by atoms with Gasteiger partial charge < -0.3 is 15.0 Å². The fourth-order valence-electron chi connectivity index (χ4n) is 4.34. The second-order valence-electron chi connectivity index (χ2n) is 8.54. The quantitative estimate of drug-likeness (QED) is 0.359. The van der Waals surface area contributed by atoms with Crippen molar-refractivity contribution in [2.45, 2.75) is 25.9 Å². The van der Waals surface area contributed by atoms with Crippen molar-refractivity contribution in [2.24, 2.45) is 0 Å². The van der Waals surface area contributed by atoms with Crippen LogP contribution < -0.4 is 5.32 Å². The van der Waals surface area contributed by atoms with Gasteiger partial charge in [-0.1, -0.05) is 60.7 Å². The maximum Gasteiger partial charge on any atom is 0.249 e. The summed E-state index contributed by atoms with van der Waals surface area (Å²) >= 11 is 0. The number of pyridine rings is 1. The summed E-state index contributed by atoms with van der Waals surface area (Å²) in [5.74, 6) is 0.759. The van der Waals surface area contributed by atoms with Crippen LogP contribution in [0.3, 0.4) is 0 Å². The summed E-state index contributed by atoms with van der Waals surface area (Å²) < 4.78 is 1.97. The minimum Gasteiger partial charge on any atom is -0.508 e. The third-order valence-corrected chi connectivity index (χ3v) is 5.95. The first-order chi connectivity index (χ1) is 17.1. The molecule has 1 unspecified atom stereocenters. The molecule has 0 saturated carbocycles. The Kier molecular flexibility index (Phi) is 6.26. The summed E-state index contributed by atoms with van der Waals surface area (Å²) in [5.41, 5.74) is 5.06. The van der Waals surface area contributed by atoms with Gasteiger partial charge in [-0.25, -0.2) is 4.98 Å². The van der Waals surface area contributed by atoms with Crippen LogP contribution in [0, 0.1) is 6.92 Å². The normalized spacial score (nSPS) is 11.9. The number of aryl methyl sites for hydroxylation is 1. The zero-order valence-electron chi connectivity index (χ0n) is 19.4. The number of phenols is 1. The molecular weight excluding hydrogens is 436 g/mol. The second kappa shape index (κ2) is 9.81. The molecule has 174 valence electrons. The van der Waals surface area contributed by atoms with Crippen molar-refractivity contribution in [2.75, 3.05) is 0 Å². The highest BCUT2D eigenvalue weighted by Gasteiger charge is 2.28. The number of carbonyl (C=O) groups is 1. The predicted molar refractivity (Wildman–Crippen MR) is 136 cm³/mol. The first-order valence-electron chi connectivity index (χ1n) is 11.6. The summed E-state index contributed by atoms with van der Waals surface area (Å²) in [6.45, 7) is 2.33. The maximum atomic E-state index is 13.8. The molecule has 0 aliphatic rings. The fraction of sp³-hybridized carbons (Fsp3) is 0.138. The summed E-state index contributed by atoms with van der Waals surface area (Å²) in [6.07, 6.45) is 0.456. The fourth-order valence-corrected chi connectivity index (χ4v) is 4.34. The Labute approximate surface area is 203 Å². The minimum atomic E-state index is -0.710. The van der Waals surface area contributed by atoms with Gasteiger partial charge in [0, 0.05) is 18.7 Å². The number of nitrogens with one attached hydrogen (secondary N) is 1. The average molecular weight is 463 g/mol. The molecule has 0 radical (unpaired) electrons. The van der Waals surface area contributed by atoms with E-state index in [0.29, 0.717) is 18.7 Å². The summed E-state index contributed by atoms with van der Waals surface area (Å²) in [6, 6.07) is 29.8. The number of amides is 1. The number of carbonyl (C=O) groups excluding carboxylic acids is 1. The molecular formula is C29H26N4O2. The molecule has 0 spiro atoms. The number of phenolic OH excluding ortho intramolecular Hbond substituents is 1. The zero-order valence-corrected chi connectivity index (χ0v) is 19.4. The molecule has 1 amide bonds. The first kappa shape index (κ1) is 22.3. The van der Waals surface area contributed by atoms with Crippen LogP contribution in [0.5, 0.6) is 5.75 Å². The van der Waals surface area contributed by atoms with Crippen LogP contribution in [0.1, 0.15) is 34.4 Å². The van der Waals surface area contributed by atoms with E-state index in [4.69, 9.17) is 9.97 Å². The third-order valence-electron chi connectivity index (χ3n) is 5.95. The third kappa shape index (κ3) is 4.92. The highest BCUT2D eigenvalue weighted by Crippen LogP contribution is 2.28. The zero-order chi connectivity index (χ0) is 24.2. The van der Waals surface area contributed by atoms with Crippen molar-refractivity contribution in [1.29, 1.82) is 0 Å². The average Bonchev–Trinajstić information content (AvgIpc) is 3.21. The van der Waals surface area contributed by atoms with Gasteiger partial charge in [0.15, 0.2) is 6.04 Å². The van der Waals surface area contributed by atoms with Gasteiger partial charge in [0.2, 0.25) is 5.91 Å². The van der Waals surface area contributed by atoms with Crippen molar-refractivity contribution in [3.8, 4) is 5.75 Å². The maximum absolute atomic E-state index is 13.8. The number of aromatic nitrogens is 3. The van der Waals surface area contributed by atoms with E-state index in [1.54, 1.807) is 12.1 Å². The van der Waals surface area contributed by atoms with Gasteiger partial charge in [0.25, 0.3) is 0 Å². The van der Waals surface area contributed by atoms with Gasteiger partial charge in [-0.05, 0) is 54.4 Å². The molecule has 5 rings (SSSR count). The van der Waals surface area contributed by atoms with Gasteiger partial charge >= 0.3 is 0 Å². The van der Waals surface area contributed by atoms with E-state index in [-0.39, 0.29) is 11.7 Å². The van der Waals surface area contributed by atoms with Crippen molar-refractivity contribution in [3.63, 3.8) is 0 Å². The lowest BCUT2D eigenvalue weighted by Gasteiger charge is -2.22. The smallest absolute Gasteiger partial charge is 0.249 e. The summed E-state index contributed by atoms with van der Waals surface area (Å²) in [4.78, 5) is 23.4. The van der Waals surface area contributed by atoms with E-state index in [0.717, 1.165) is 33.7 Å². The molecule has 0 aliphatic heterocycles. The lowest BCUT2D eigenvalue weighted by atomic mass is 10.1. The molecule has 35 heavy (non-hydrogen) atoms. The van der Waals surface area contributed by atoms with Crippen molar-refractivity contribution < 1.29 is 9.90 Å². The van der Waals surface area contributed by atoms with Crippen LogP contribution in [0.4, 0.5) is 0 Å². The monoisotopic (exact) mass is 462 g/mol. The van der Waals surface area contributed by atoms with Crippen LogP contribution in [-0.4, -0.2) is 25.5 Å². The van der Waals surface area contributed by atoms with E-state index in [1.807, 2.05) is 96.4 Å². The Balaban J connectivity index is 1.61. The standard InChI is InChI=1S/C29H26N4O2/c1-20-9-7-15-25(31-20)28(29(35)30-19-21-10-3-2-4-11-21)33-26-16-6-5-14-24(26)32-27(33)18-22-12-8-13-23(34)17-22/h2-17,28,34H,18-19H2,1H3,(H,30,35). The Morgan fingerprint density at radius 2 is 1.63 bits per heavy atom. The summed E-state index contributed by atoms with van der Waals surface area (Å²) in [7, 11) is 0. The van der Waals surface area contributed by atoms with Crippen LogP contribution in [-0.2, 0) is 17.8 Å². The molecule has 6 nitrogen and oxygen atoms in total. The topological polar surface area (TPSA) is 80.0 Å². The number of hydrogen-bond donors (Lipinski definition) is 2. The van der Waals surface area contributed by atoms with E-state index in [2.05, 4.69) is 5.32 Å². The molecule has 2 heterocycles. The molecule has 0 aliphatic carbocycles. The molecule has 2 N–H and O–H groups in total. The Hall–Kier alpha value is -4.45. The van der Waals surface area contributed by atoms with Gasteiger partial charge in [-0.3, -0.25) is 9.78 Å². The largest absolute Gasteiger partial charge is 0.508 e. The lowest BCUT2D eigenvalue weighted by molar-refractivity contribution is -0.123. The Bertz CT molecular complexity index is 1480. The van der Waals surface area contributed by atoms with Gasteiger partial charge in [-0.15, -0.1) is 0 Å². The SMILES string of the molecule is Cc1cccc(C(C(=O)NCc2ccccc2)n2c(Cc3cccc(O)c3)nc3ccccc32)n1.